The van der Waals surface area contributed by atoms with E-state index in [1.165, 1.54) is 11.3 Å². The highest BCUT2D eigenvalue weighted by atomic mass is 16.5. The molecule has 30 heavy (non-hydrogen) atoms. The number of hydrogen-bond donors (Lipinski definition) is 3. The molecule has 160 valence electrons. The fraction of sp³-hybridized carbons (Fsp3) is 0.417. The number of β-amino-alcohol motifs (C(OH)–C–C–N with tert-alkyl or cyclic N) is 1. The molecule has 2 aliphatic rings. The van der Waals surface area contributed by atoms with E-state index in [4.69, 9.17) is 4.74 Å². The minimum absolute atomic E-state index is 0.261. The Morgan fingerprint density at radius 2 is 1.87 bits per heavy atom. The smallest absolute Gasteiger partial charge is 0.144 e. The van der Waals surface area contributed by atoms with Crippen LogP contribution in [0.1, 0.15) is 18.1 Å². The third kappa shape index (κ3) is 5.14. The van der Waals surface area contributed by atoms with Crippen LogP contribution in [0, 0.1) is 0 Å². The number of aliphatic hydroxyl groups excluding tert-OH is 2. The molecule has 2 aliphatic heterocycles. The quantitative estimate of drug-likeness (QED) is 0.653. The van der Waals surface area contributed by atoms with Gasteiger partial charge in [-0.05, 0) is 48.4 Å². The SMILES string of the molecule is CCc1ccc(N2CCN(C[C@H](O)COc3ccc4c(c3)C=CC(O)N4)CC2)cc1. The van der Waals surface area contributed by atoms with Crippen LogP contribution in [0.3, 0.4) is 0 Å². The summed E-state index contributed by atoms with van der Waals surface area (Å²) in [5.41, 5.74) is 4.49. The van der Waals surface area contributed by atoms with Gasteiger partial charge >= 0.3 is 0 Å². The number of anilines is 2. The number of aliphatic hydroxyl groups is 2. The van der Waals surface area contributed by atoms with Crippen molar-refractivity contribution in [3.63, 3.8) is 0 Å². The van der Waals surface area contributed by atoms with Gasteiger partial charge in [-0.1, -0.05) is 25.1 Å². The summed E-state index contributed by atoms with van der Waals surface area (Å²) >= 11 is 0. The molecule has 3 N–H and O–H groups in total. The van der Waals surface area contributed by atoms with Gasteiger partial charge in [0, 0.05) is 49.7 Å². The third-order valence-electron chi connectivity index (χ3n) is 5.78. The summed E-state index contributed by atoms with van der Waals surface area (Å²) in [5, 5.41) is 23.0. The Morgan fingerprint density at radius 3 is 2.60 bits per heavy atom. The van der Waals surface area contributed by atoms with Crippen LogP contribution < -0.4 is 15.0 Å². The van der Waals surface area contributed by atoms with Gasteiger partial charge in [0.1, 0.15) is 24.7 Å². The van der Waals surface area contributed by atoms with E-state index in [0.29, 0.717) is 6.54 Å². The van der Waals surface area contributed by atoms with Gasteiger partial charge < -0.3 is 25.2 Å². The summed E-state index contributed by atoms with van der Waals surface area (Å²) in [5.74, 6) is 0.719. The average molecular weight is 410 g/mol. The Hall–Kier alpha value is -2.54. The van der Waals surface area contributed by atoms with Crippen molar-refractivity contribution >= 4 is 17.5 Å². The van der Waals surface area contributed by atoms with Crippen LogP contribution in [0.5, 0.6) is 5.75 Å². The Balaban J connectivity index is 1.22. The van der Waals surface area contributed by atoms with Crippen LogP contribution in [0.25, 0.3) is 6.08 Å². The molecular weight excluding hydrogens is 378 g/mol. The lowest BCUT2D eigenvalue weighted by Gasteiger charge is -2.37. The number of aryl methyl sites for hydroxylation is 1. The van der Waals surface area contributed by atoms with E-state index in [-0.39, 0.29) is 6.61 Å². The van der Waals surface area contributed by atoms with Crippen LogP contribution in [0.15, 0.2) is 48.5 Å². The number of ether oxygens (including phenoxy) is 1. The second kappa shape index (κ2) is 9.51. The van der Waals surface area contributed by atoms with Crippen molar-refractivity contribution in [2.75, 3.05) is 49.5 Å². The second-order valence-electron chi connectivity index (χ2n) is 7.97. The van der Waals surface area contributed by atoms with Gasteiger partial charge in [-0.3, -0.25) is 4.90 Å². The molecule has 1 fully saturated rings. The maximum absolute atomic E-state index is 10.4. The van der Waals surface area contributed by atoms with Gasteiger partial charge in [0.25, 0.3) is 0 Å². The predicted octanol–water partition coefficient (Wildman–Crippen LogP) is 2.57. The lowest BCUT2D eigenvalue weighted by atomic mass is 10.1. The summed E-state index contributed by atoms with van der Waals surface area (Å²) in [6.07, 6.45) is 3.44. The van der Waals surface area contributed by atoms with Crippen molar-refractivity contribution in [2.45, 2.75) is 25.7 Å². The number of benzene rings is 2. The van der Waals surface area contributed by atoms with Crippen LogP contribution in [0.4, 0.5) is 11.4 Å². The van der Waals surface area contributed by atoms with E-state index < -0.39 is 12.3 Å². The van der Waals surface area contributed by atoms with Crippen molar-refractivity contribution in [1.82, 2.24) is 4.90 Å². The standard InChI is InChI=1S/C24H31N3O3/c1-2-18-3-6-20(7-4-18)27-13-11-26(12-14-27)16-21(28)17-30-22-8-9-23-19(15-22)5-10-24(29)25-23/h3-10,15,21,24-25,28-29H,2,11-14,16-17H2,1H3/t21-,24?/m0/s1. The maximum atomic E-state index is 10.4. The number of fused-ring (bicyclic) bond motifs is 1. The normalized spacial score (nSPS) is 19.8. The highest BCUT2D eigenvalue weighted by Gasteiger charge is 2.20. The van der Waals surface area contributed by atoms with Crippen LogP contribution in [-0.4, -0.2) is 66.8 Å². The lowest BCUT2D eigenvalue weighted by molar-refractivity contribution is 0.0663. The number of piperazine rings is 1. The topological polar surface area (TPSA) is 68.2 Å². The molecule has 4 rings (SSSR count). The average Bonchev–Trinajstić information content (AvgIpc) is 2.78. The molecule has 6 nitrogen and oxygen atoms in total. The van der Waals surface area contributed by atoms with Crippen LogP contribution in [0.2, 0.25) is 0 Å². The van der Waals surface area contributed by atoms with Gasteiger partial charge in [0.05, 0.1) is 0 Å². The van der Waals surface area contributed by atoms with E-state index in [1.807, 2.05) is 24.3 Å². The highest BCUT2D eigenvalue weighted by Crippen LogP contribution is 2.27. The fourth-order valence-electron chi connectivity index (χ4n) is 3.98. The molecule has 2 aromatic rings. The predicted molar refractivity (Wildman–Crippen MR) is 121 cm³/mol. The van der Waals surface area contributed by atoms with Crippen LogP contribution >= 0.6 is 0 Å². The van der Waals surface area contributed by atoms with E-state index in [1.54, 1.807) is 6.08 Å². The molecule has 0 amide bonds. The molecule has 2 aromatic carbocycles. The number of hydrogen-bond acceptors (Lipinski definition) is 6. The zero-order chi connectivity index (χ0) is 20.9. The first-order valence-corrected chi connectivity index (χ1v) is 10.7. The molecule has 6 heteroatoms. The van der Waals surface area contributed by atoms with Gasteiger partial charge in [-0.25, -0.2) is 0 Å². The van der Waals surface area contributed by atoms with Gasteiger partial charge in [-0.15, -0.1) is 0 Å². The van der Waals surface area contributed by atoms with Crippen molar-refractivity contribution in [3.05, 3.63) is 59.7 Å². The molecule has 0 saturated carbocycles. The van der Waals surface area contributed by atoms with E-state index in [0.717, 1.165) is 49.6 Å². The van der Waals surface area contributed by atoms with Gasteiger partial charge in [-0.2, -0.15) is 0 Å². The largest absolute Gasteiger partial charge is 0.491 e. The molecule has 1 unspecified atom stereocenters. The molecule has 2 atom stereocenters. The molecule has 0 aromatic heterocycles. The van der Waals surface area contributed by atoms with E-state index >= 15 is 0 Å². The number of nitrogens with zero attached hydrogens (tertiary/aromatic N) is 2. The van der Waals surface area contributed by atoms with E-state index in [9.17, 15) is 10.2 Å². The van der Waals surface area contributed by atoms with E-state index in [2.05, 4.69) is 46.3 Å². The molecule has 0 aliphatic carbocycles. The zero-order valence-electron chi connectivity index (χ0n) is 17.5. The highest BCUT2D eigenvalue weighted by molar-refractivity contribution is 5.71. The fourth-order valence-corrected chi connectivity index (χ4v) is 3.98. The first-order valence-electron chi connectivity index (χ1n) is 10.7. The van der Waals surface area contributed by atoms with Gasteiger partial charge in [0.15, 0.2) is 0 Å². The second-order valence-corrected chi connectivity index (χ2v) is 7.97. The molecule has 0 radical (unpaired) electrons. The number of nitrogens with one attached hydrogen (secondary N) is 1. The number of rotatable bonds is 7. The van der Waals surface area contributed by atoms with Crippen molar-refractivity contribution in [2.24, 2.45) is 0 Å². The Morgan fingerprint density at radius 1 is 1.10 bits per heavy atom. The first-order chi connectivity index (χ1) is 14.6. The minimum atomic E-state index is -0.651. The lowest BCUT2D eigenvalue weighted by Crippen LogP contribution is -2.49. The Kier molecular flexibility index (Phi) is 6.57. The monoisotopic (exact) mass is 409 g/mol. The molecule has 0 bridgehead atoms. The third-order valence-corrected chi connectivity index (χ3v) is 5.78. The Labute approximate surface area is 178 Å². The van der Waals surface area contributed by atoms with Crippen molar-refractivity contribution in [3.8, 4) is 5.75 Å². The summed E-state index contributed by atoms with van der Waals surface area (Å²) in [4.78, 5) is 4.70. The molecule has 0 spiro atoms. The first kappa shape index (κ1) is 20.7. The zero-order valence-corrected chi connectivity index (χ0v) is 17.5. The summed E-state index contributed by atoms with van der Waals surface area (Å²) in [6, 6.07) is 14.5. The summed E-state index contributed by atoms with van der Waals surface area (Å²) < 4.78 is 5.80. The minimum Gasteiger partial charge on any atom is -0.491 e. The van der Waals surface area contributed by atoms with Crippen molar-refractivity contribution in [1.29, 1.82) is 0 Å². The Bertz CT molecular complexity index is 860. The molecular formula is C24H31N3O3. The summed E-state index contributed by atoms with van der Waals surface area (Å²) in [6.45, 7) is 6.85. The maximum Gasteiger partial charge on any atom is 0.144 e. The van der Waals surface area contributed by atoms with Gasteiger partial charge in [0.2, 0.25) is 0 Å². The molecule has 2 heterocycles. The van der Waals surface area contributed by atoms with Crippen LogP contribution in [-0.2, 0) is 6.42 Å². The van der Waals surface area contributed by atoms with Crippen molar-refractivity contribution < 1.29 is 14.9 Å². The molecule has 1 saturated heterocycles. The summed E-state index contributed by atoms with van der Waals surface area (Å²) in [7, 11) is 0.